The summed E-state index contributed by atoms with van der Waals surface area (Å²) in [5.41, 5.74) is 13.7. The van der Waals surface area contributed by atoms with Gasteiger partial charge in [-0.05, 0) is 4.99 Å². The molecule has 0 unspecified atom stereocenters. The molecule has 0 radical (unpaired) electrons. The number of amidine groups is 1. The molecule has 10 heavy (non-hydrogen) atoms. The molecule has 0 aliphatic carbocycles. The van der Waals surface area contributed by atoms with Crippen LogP contribution in [0.15, 0.2) is 9.98 Å². The van der Waals surface area contributed by atoms with Gasteiger partial charge in [0.2, 0.25) is 12.1 Å². The van der Waals surface area contributed by atoms with Crippen molar-refractivity contribution in [1.82, 2.24) is 0 Å². The minimum Gasteiger partial charge on any atom is -0.497 e. The fourth-order valence-corrected chi connectivity index (χ4v) is 0.651. The van der Waals surface area contributed by atoms with Gasteiger partial charge in [0.25, 0.3) is 0 Å². The molecule has 2 N–H and O–H groups in total. The van der Waals surface area contributed by atoms with Crippen LogP contribution in [0.1, 0.15) is 0 Å². The summed E-state index contributed by atoms with van der Waals surface area (Å²) in [6.07, 6.45) is 1.23. The molecule has 0 amide bonds. The molecule has 50 valence electrons. The number of rotatable bonds is 1. The van der Waals surface area contributed by atoms with Gasteiger partial charge in [-0.2, -0.15) is 4.99 Å². The quantitative estimate of drug-likeness (QED) is 0.309. The highest BCUT2D eigenvalue weighted by Gasteiger charge is 2.23. The third-order valence-corrected chi connectivity index (χ3v) is 1.10. The molecule has 0 aromatic rings. The number of hydrogen-bond acceptors (Lipinski definition) is 2. The van der Waals surface area contributed by atoms with E-state index in [-0.39, 0.29) is 16.5 Å². The molecule has 0 aromatic heterocycles. The van der Waals surface area contributed by atoms with Crippen molar-refractivity contribution in [2.24, 2.45) is 15.7 Å². The molecule has 0 saturated carbocycles. The van der Waals surface area contributed by atoms with E-state index in [0.29, 0.717) is 0 Å². The van der Waals surface area contributed by atoms with Crippen molar-refractivity contribution in [3.05, 3.63) is 5.53 Å². The van der Waals surface area contributed by atoms with Gasteiger partial charge < -0.3 is 16.1 Å². The molecule has 0 aromatic carbocycles. The largest absolute Gasteiger partial charge is 0.497 e. The standard InChI is InChI=1S/C4H3N5S/c5-3(10)2-4(9-6)8-1-7-2/h1H,(H2,5,10). The summed E-state index contributed by atoms with van der Waals surface area (Å²) in [6, 6.07) is 0. The lowest BCUT2D eigenvalue weighted by Gasteiger charge is -1.85. The van der Waals surface area contributed by atoms with Gasteiger partial charge in [-0.25, -0.2) is 0 Å². The van der Waals surface area contributed by atoms with E-state index < -0.39 is 0 Å². The second-order valence-electron chi connectivity index (χ2n) is 1.51. The molecule has 0 spiro atoms. The number of nitrogens with zero attached hydrogens (tertiary/aromatic N) is 4. The molecular weight excluding hydrogens is 150 g/mol. The van der Waals surface area contributed by atoms with E-state index in [0.717, 1.165) is 0 Å². The van der Waals surface area contributed by atoms with Gasteiger partial charge in [-0.15, -0.1) is 0 Å². The monoisotopic (exact) mass is 153 g/mol. The Labute approximate surface area is 61.9 Å². The highest BCUT2D eigenvalue weighted by atomic mass is 32.1. The Bertz CT molecular complexity index is 282. The minimum absolute atomic E-state index is 0.0625. The molecule has 0 bridgehead atoms. The first kappa shape index (κ1) is 6.73. The Morgan fingerprint density at radius 1 is 1.80 bits per heavy atom. The van der Waals surface area contributed by atoms with Crippen LogP contribution >= 0.6 is 12.2 Å². The second-order valence-corrected chi connectivity index (χ2v) is 1.95. The summed E-state index contributed by atoms with van der Waals surface area (Å²) in [6.45, 7) is 0. The topological polar surface area (TPSA) is 87.1 Å². The van der Waals surface area contributed by atoms with Crippen molar-refractivity contribution >= 4 is 35.1 Å². The first-order valence-electron chi connectivity index (χ1n) is 2.38. The van der Waals surface area contributed by atoms with Crippen molar-refractivity contribution in [2.75, 3.05) is 0 Å². The fourth-order valence-electron chi connectivity index (χ4n) is 0.507. The molecule has 0 fully saturated rings. The van der Waals surface area contributed by atoms with E-state index in [1.54, 1.807) is 0 Å². The van der Waals surface area contributed by atoms with E-state index in [2.05, 4.69) is 27.0 Å². The van der Waals surface area contributed by atoms with E-state index in [4.69, 9.17) is 11.3 Å². The van der Waals surface area contributed by atoms with Crippen molar-refractivity contribution in [3.63, 3.8) is 0 Å². The molecule has 1 rings (SSSR count). The van der Waals surface area contributed by atoms with E-state index >= 15 is 0 Å². The first-order valence-corrected chi connectivity index (χ1v) is 2.79. The van der Waals surface area contributed by atoms with Gasteiger partial charge in [0.1, 0.15) is 4.99 Å². The zero-order valence-corrected chi connectivity index (χ0v) is 5.67. The van der Waals surface area contributed by atoms with Crippen LogP contribution < -0.4 is 5.73 Å². The van der Waals surface area contributed by atoms with Crippen molar-refractivity contribution in [3.8, 4) is 0 Å². The lowest BCUT2D eigenvalue weighted by atomic mass is 10.3. The highest BCUT2D eigenvalue weighted by molar-refractivity contribution is 7.82. The Morgan fingerprint density at radius 2 is 2.50 bits per heavy atom. The van der Waals surface area contributed by atoms with E-state index in [1.807, 2.05) is 0 Å². The van der Waals surface area contributed by atoms with Gasteiger partial charge in [0.15, 0.2) is 0 Å². The van der Waals surface area contributed by atoms with Crippen molar-refractivity contribution < 1.29 is 4.79 Å². The Kier molecular flexibility index (Phi) is 1.66. The van der Waals surface area contributed by atoms with Gasteiger partial charge in [-0.3, -0.25) is 0 Å². The molecule has 6 heteroatoms. The summed E-state index contributed by atoms with van der Waals surface area (Å²) in [5.74, 6) is 0.0625. The van der Waals surface area contributed by atoms with Crippen LogP contribution in [0.5, 0.6) is 0 Å². The van der Waals surface area contributed by atoms with Crippen LogP contribution in [-0.4, -0.2) is 27.7 Å². The highest BCUT2D eigenvalue weighted by Crippen LogP contribution is 1.90. The zero-order valence-electron chi connectivity index (χ0n) is 4.85. The number of nitrogens with two attached hydrogens (primary N) is 1. The minimum atomic E-state index is 0.0625. The van der Waals surface area contributed by atoms with Gasteiger partial charge in [0.05, 0.1) is 0 Å². The number of hydrogen-bond donors (Lipinski definition) is 1. The molecular formula is C4H3N5S. The van der Waals surface area contributed by atoms with Gasteiger partial charge in [0, 0.05) is 0 Å². The Morgan fingerprint density at radius 3 is 2.90 bits per heavy atom. The predicted molar refractivity (Wildman–Crippen MR) is 41.3 cm³/mol. The summed E-state index contributed by atoms with van der Waals surface area (Å²) in [4.78, 5) is 10.1. The summed E-state index contributed by atoms with van der Waals surface area (Å²) in [7, 11) is 0. The molecule has 1 aliphatic heterocycles. The van der Waals surface area contributed by atoms with Crippen molar-refractivity contribution in [1.29, 1.82) is 0 Å². The first-order chi connectivity index (χ1) is 4.75. The van der Waals surface area contributed by atoms with Crippen LogP contribution in [0.4, 0.5) is 0 Å². The zero-order chi connectivity index (χ0) is 7.56. The van der Waals surface area contributed by atoms with Crippen LogP contribution in [-0.2, 0) is 0 Å². The third-order valence-electron chi connectivity index (χ3n) is 0.907. The second kappa shape index (κ2) is 2.47. The Hall–Kier alpha value is -1.39. The van der Waals surface area contributed by atoms with Gasteiger partial charge >= 0.3 is 5.84 Å². The number of thiocarbonyl (C=S) groups is 1. The predicted octanol–water partition coefficient (Wildman–Crippen LogP) is -0.616. The molecule has 0 saturated heterocycles. The normalized spacial score (nSPS) is 14.8. The lowest BCUT2D eigenvalue weighted by molar-refractivity contribution is -0.00259. The third kappa shape index (κ3) is 0.975. The summed E-state index contributed by atoms with van der Waals surface area (Å²) >= 11 is 4.57. The molecule has 0 atom stereocenters. The summed E-state index contributed by atoms with van der Waals surface area (Å²) in [5, 5.41) is 0. The maximum Gasteiger partial charge on any atom is 0.431 e. The van der Waals surface area contributed by atoms with E-state index in [9.17, 15) is 0 Å². The smallest absolute Gasteiger partial charge is 0.431 e. The SMILES string of the molecule is [N-]=[N+]=C1N=CN=C1C(N)=S. The lowest BCUT2D eigenvalue weighted by Crippen LogP contribution is -2.26. The average Bonchev–Trinajstić information content (AvgIpc) is 2.33. The summed E-state index contributed by atoms with van der Waals surface area (Å²) < 4.78 is 0. The van der Waals surface area contributed by atoms with Crippen LogP contribution in [0.2, 0.25) is 0 Å². The Balaban J connectivity index is 3.04. The molecule has 5 nitrogen and oxygen atoms in total. The molecule has 1 heterocycles. The van der Waals surface area contributed by atoms with Crippen LogP contribution in [0, 0.1) is 0 Å². The van der Waals surface area contributed by atoms with Crippen molar-refractivity contribution in [2.45, 2.75) is 0 Å². The molecule has 1 aliphatic rings. The van der Waals surface area contributed by atoms with Gasteiger partial charge in [-0.1, -0.05) is 12.2 Å². The van der Waals surface area contributed by atoms with Crippen LogP contribution in [0.3, 0.4) is 0 Å². The van der Waals surface area contributed by atoms with E-state index in [1.165, 1.54) is 6.34 Å². The fraction of sp³-hybridized carbons (Fsp3) is 0. The maximum atomic E-state index is 8.26. The maximum absolute atomic E-state index is 8.26. The average molecular weight is 153 g/mol. The number of aliphatic imine (C=N–C) groups is 2. The van der Waals surface area contributed by atoms with Crippen LogP contribution in [0.25, 0.3) is 5.53 Å².